The topological polar surface area (TPSA) is 50.4 Å². The predicted molar refractivity (Wildman–Crippen MR) is 73.8 cm³/mol. The Bertz CT molecular complexity index is 410. The van der Waals surface area contributed by atoms with E-state index in [9.17, 15) is 4.79 Å². The molecule has 0 aliphatic carbocycles. The van der Waals surface area contributed by atoms with Gasteiger partial charge in [0.2, 0.25) is 0 Å². The molecule has 1 aliphatic heterocycles. The second-order valence-electron chi connectivity index (χ2n) is 4.09. The average Bonchev–Trinajstić information content (AvgIpc) is 2.36. The average molecular weight is 271 g/mol. The Morgan fingerprint density at radius 2 is 2.28 bits per heavy atom. The minimum Gasteiger partial charge on any atom is -0.493 e. The van der Waals surface area contributed by atoms with E-state index in [1.807, 2.05) is 25.2 Å². The number of amides is 1. The molecule has 0 saturated carbocycles. The van der Waals surface area contributed by atoms with Crippen LogP contribution in [0, 0.1) is 0 Å². The van der Waals surface area contributed by atoms with Gasteiger partial charge in [-0.2, -0.15) is 0 Å². The Labute approximate surface area is 114 Å². The van der Waals surface area contributed by atoms with Crippen molar-refractivity contribution in [1.82, 2.24) is 10.6 Å². The van der Waals surface area contributed by atoms with Crippen molar-refractivity contribution in [1.29, 1.82) is 0 Å². The number of benzene rings is 1. The molecule has 1 heterocycles. The summed E-state index contributed by atoms with van der Waals surface area (Å²) in [5.74, 6) is 0.861. The van der Waals surface area contributed by atoms with Crippen LogP contribution in [0.25, 0.3) is 0 Å². The first kappa shape index (κ1) is 14.8. The van der Waals surface area contributed by atoms with E-state index < -0.39 is 0 Å². The van der Waals surface area contributed by atoms with E-state index in [1.54, 1.807) is 0 Å². The molecule has 2 rings (SSSR count). The molecule has 4 nitrogen and oxygen atoms in total. The van der Waals surface area contributed by atoms with Crippen molar-refractivity contribution < 1.29 is 9.53 Å². The summed E-state index contributed by atoms with van der Waals surface area (Å²) < 4.78 is 5.73. The first-order valence-electron chi connectivity index (χ1n) is 6.00. The highest BCUT2D eigenvalue weighted by atomic mass is 35.5. The van der Waals surface area contributed by atoms with E-state index in [0.29, 0.717) is 13.2 Å². The zero-order valence-electron chi connectivity index (χ0n) is 10.5. The zero-order valence-corrected chi connectivity index (χ0v) is 11.3. The van der Waals surface area contributed by atoms with Crippen molar-refractivity contribution >= 4 is 18.3 Å². The van der Waals surface area contributed by atoms with Gasteiger partial charge in [-0.15, -0.1) is 12.4 Å². The number of carbonyl (C=O) groups excluding carboxylic acids is 1. The van der Waals surface area contributed by atoms with Crippen molar-refractivity contribution in [2.45, 2.75) is 12.8 Å². The zero-order chi connectivity index (χ0) is 12.1. The van der Waals surface area contributed by atoms with Crippen LogP contribution >= 0.6 is 12.4 Å². The molecule has 1 amide bonds. The third-order valence-corrected chi connectivity index (χ3v) is 2.87. The maximum absolute atomic E-state index is 11.6. The Morgan fingerprint density at radius 1 is 1.44 bits per heavy atom. The van der Waals surface area contributed by atoms with Crippen LogP contribution in [0.2, 0.25) is 0 Å². The van der Waals surface area contributed by atoms with Gasteiger partial charge in [0.05, 0.1) is 6.61 Å². The van der Waals surface area contributed by atoms with Crippen LogP contribution in [0.5, 0.6) is 5.75 Å². The van der Waals surface area contributed by atoms with Crippen molar-refractivity contribution in [3.05, 3.63) is 29.3 Å². The summed E-state index contributed by atoms with van der Waals surface area (Å²) in [7, 11) is 1.93. The summed E-state index contributed by atoms with van der Waals surface area (Å²) in [5, 5.41) is 5.92. The molecule has 0 bridgehead atoms. The Balaban J connectivity index is 0.00000162. The molecule has 0 spiro atoms. The van der Waals surface area contributed by atoms with Crippen LogP contribution in [0.4, 0.5) is 0 Å². The number of halogens is 1. The highest BCUT2D eigenvalue weighted by Gasteiger charge is 2.19. The molecule has 0 unspecified atom stereocenters. The molecule has 1 aromatic rings. The van der Waals surface area contributed by atoms with E-state index in [1.165, 1.54) is 0 Å². The second kappa shape index (κ2) is 7.24. The summed E-state index contributed by atoms with van der Waals surface area (Å²) in [6.45, 7) is 2.32. The van der Waals surface area contributed by atoms with Crippen LogP contribution in [-0.2, 0) is 6.42 Å². The molecule has 1 aliphatic rings. The van der Waals surface area contributed by atoms with Crippen molar-refractivity contribution in [3.8, 4) is 5.75 Å². The van der Waals surface area contributed by atoms with E-state index in [-0.39, 0.29) is 18.3 Å². The number of carbonyl (C=O) groups is 1. The Morgan fingerprint density at radius 3 is 3.06 bits per heavy atom. The third kappa shape index (κ3) is 3.37. The number of hydrogen-bond acceptors (Lipinski definition) is 3. The molecule has 0 saturated heterocycles. The number of hydrogen-bond donors (Lipinski definition) is 2. The van der Waals surface area contributed by atoms with E-state index in [2.05, 4.69) is 10.6 Å². The Kier molecular flexibility index (Phi) is 5.95. The first-order chi connectivity index (χ1) is 8.33. The summed E-state index contributed by atoms with van der Waals surface area (Å²) >= 11 is 0. The van der Waals surface area contributed by atoms with Gasteiger partial charge in [0.25, 0.3) is 5.91 Å². The Hall–Kier alpha value is -1.26. The highest BCUT2D eigenvalue weighted by molar-refractivity contribution is 5.97. The molecule has 100 valence electrons. The van der Waals surface area contributed by atoms with Gasteiger partial charge in [-0.05, 0) is 38.6 Å². The van der Waals surface area contributed by atoms with Gasteiger partial charge in [0.1, 0.15) is 5.75 Å². The summed E-state index contributed by atoms with van der Waals surface area (Å²) in [6, 6.07) is 5.66. The van der Waals surface area contributed by atoms with Crippen LogP contribution in [0.15, 0.2) is 18.2 Å². The van der Waals surface area contributed by atoms with Crippen LogP contribution in [-0.4, -0.2) is 32.7 Å². The van der Waals surface area contributed by atoms with Crippen LogP contribution in [0.3, 0.4) is 0 Å². The molecule has 0 radical (unpaired) electrons. The SMILES string of the molecule is CNCCCOc1cccc2c1CCNC2=O.Cl. The highest BCUT2D eigenvalue weighted by Crippen LogP contribution is 2.25. The van der Waals surface area contributed by atoms with Gasteiger partial charge in [0.15, 0.2) is 0 Å². The van der Waals surface area contributed by atoms with Crippen molar-refractivity contribution in [2.24, 2.45) is 0 Å². The number of nitrogens with one attached hydrogen (secondary N) is 2. The van der Waals surface area contributed by atoms with E-state index in [4.69, 9.17) is 4.74 Å². The second-order valence-corrected chi connectivity index (χ2v) is 4.09. The summed E-state index contributed by atoms with van der Waals surface area (Å²) in [4.78, 5) is 11.6. The van der Waals surface area contributed by atoms with Gasteiger partial charge >= 0.3 is 0 Å². The summed E-state index contributed by atoms with van der Waals surface area (Å²) in [5.41, 5.74) is 1.79. The normalized spacial score (nSPS) is 13.3. The van der Waals surface area contributed by atoms with Gasteiger partial charge in [-0.3, -0.25) is 4.79 Å². The third-order valence-electron chi connectivity index (χ3n) is 2.87. The molecule has 0 aromatic heterocycles. The van der Waals surface area contributed by atoms with Crippen molar-refractivity contribution in [2.75, 3.05) is 26.7 Å². The number of rotatable bonds is 5. The molecular formula is C13H19ClN2O2. The van der Waals surface area contributed by atoms with Gasteiger partial charge in [0, 0.05) is 17.7 Å². The standard InChI is InChI=1S/C13H18N2O2.ClH/c1-14-7-3-9-17-12-5-2-4-11-10(12)6-8-15-13(11)16;/h2,4-5,14H,3,6-9H2,1H3,(H,15,16);1H. The summed E-state index contributed by atoms with van der Waals surface area (Å²) in [6.07, 6.45) is 1.82. The molecular weight excluding hydrogens is 252 g/mol. The molecule has 0 atom stereocenters. The maximum atomic E-state index is 11.6. The largest absolute Gasteiger partial charge is 0.493 e. The fraction of sp³-hybridized carbons (Fsp3) is 0.462. The maximum Gasteiger partial charge on any atom is 0.251 e. The van der Waals surface area contributed by atoms with Crippen molar-refractivity contribution in [3.63, 3.8) is 0 Å². The van der Waals surface area contributed by atoms with Crippen LogP contribution < -0.4 is 15.4 Å². The van der Waals surface area contributed by atoms with Crippen LogP contribution in [0.1, 0.15) is 22.3 Å². The van der Waals surface area contributed by atoms with E-state index in [0.717, 1.165) is 36.3 Å². The molecule has 1 aromatic carbocycles. The lowest BCUT2D eigenvalue weighted by atomic mass is 9.99. The monoisotopic (exact) mass is 270 g/mol. The lowest BCUT2D eigenvalue weighted by Crippen LogP contribution is -2.32. The lowest BCUT2D eigenvalue weighted by Gasteiger charge is -2.19. The molecule has 0 fully saturated rings. The molecule has 18 heavy (non-hydrogen) atoms. The molecule has 5 heteroatoms. The minimum absolute atomic E-state index is 0. The number of fused-ring (bicyclic) bond motifs is 1. The lowest BCUT2D eigenvalue weighted by molar-refractivity contribution is 0.0945. The van der Waals surface area contributed by atoms with Gasteiger partial charge < -0.3 is 15.4 Å². The first-order valence-corrected chi connectivity index (χ1v) is 6.00. The quantitative estimate of drug-likeness (QED) is 0.795. The molecule has 2 N–H and O–H groups in total. The predicted octanol–water partition coefficient (Wildman–Crippen LogP) is 1.38. The van der Waals surface area contributed by atoms with E-state index >= 15 is 0 Å². The number of ether oxygens (including phenoxy) is 1. The van der Waals surface area contributed by atoms with Gasteiger partial charge in [-0.25, -0.2) is 0 Å². The van der Waals surface area contributed by atoms with Gasteiger partial charge in [-0.1, -0.05) is 6.07 Å². The minimum atomic E-state index is 0. The fourth-order valence-corrected chi connectivity index (χ4v) is 2.00. The fourth-order valence-electron chi connectivity index (χ4n) is 2.00. The smallest absolute Gasteiger partial charge is 0.251 e.